The predicted octanol–water partition coefficient (Wildman–Crippen LogP) is 3.11. The maximum Gasteiger partial charge on any atom is 0.496 e. The van der Waals surface area contributed by atoms with E-state index >= 15 is 0 Å². The second kappa shape index (κ2) is 7.44. The number of aromatic nitrogens is 3. The molecule has 0 aliphatic carbocycles. The Hall–Kier alpha value is -2.20. The largest absolute Gasteiger partial charge is 0.496 e. The first-order chi connectivity index (χ1) is 14.4. The van der Waals surface area contributed by atoms with E-state index in [1.165, 1.54) is 18.3 Å². The lowest BCUT2D eigenvalue weighted by Crippen LogP contribution is -2.41. The Balaban J connectivity index is 1.66. The van der Waals surface area contributed by atoms with Gasteiger partial charge in [0, 0.05) is 11.7 Å². The Labute approximate surface area is 185 Å². The van der Waals surface area contributed by atoms with Gasteiger partial charge in [-0.05, 0) is 52.8 Å². The minimum absolute atomic E-state index is 0.143. The Morgan fingerprint density at radius 3 is 2.52 bits per heavy atom. The second-order valence-electron chi connectivity index (χ2n) is 8.94. The van der Waals surface area contributed by atoms with Gasteiger partial charge >= 0.3 is 7.12 Å². The quantitative estimate of drug-likeness (QED) is 0.606. The summed E-state index contributed by atoms with van der Waals surface area (Å²) in [6.45, 7) is 9.29. The number of hydrogen-bond acceptors (Lipinski definition) is 6. The van der Waals surface area contributed by atoms with Crippen LogP contribution in [0.4, 0.5) is 4.39 Å². The molecule has 0 bridgehead atoms. The fourth-order valence-electron chi connectivity index (χ4n) is 3.27. The van der Waals surface area contributed by atoms with Crippen molar-refractivity contribution in [2.45, 2.75) is 51.4 Å². The van der Waals surface area contributed by atoms with Crippen LogP contribution in [-0.2, 0) is 14.9 Å². The zero-order valence-electron chi connectivity index (χ0n) is 18.0. The summed E-state index contributed by atoms with van der Waals surface area (Å²) in [5, 5.41) is 15.5. The van der Waals surface area contributed by atoms with Gasteiger partial charge in [-0.15, -0.1) is 0 Å². The molecule has 7 nitrogen and oxygen atoms in total. The monoisotopic (exact) mass is 447 g/mol. The number of ether oxygens (including phenoxy) is 1. The molecule has 1 aliphatic heterocycles. The van der Waals surface area contributed by atoms with Crippen LogP contribution in [-0.4, -0.2) is 44.6 Å². The van der Waals surface area contributed by atoms with Crippen LogP contribution in [0, 0.1) is 5.82 Å². The number of rotatable bonds is 5. The third-order valence-corrected chi connectivity index (χ3v) is 6.14. The Morgan fingerprint density at radius 2 is 1.90 bits per heavy atom. The standard InChI is InChI=1S/C21H24BClFN3O4/c1-19(2)20(3,4)31-22(30-19)13-8-16(18-15(23)10-26-27(18)11-13)29-12-21(5,28)17-7-6-14(24)9-25-17/h6-11,28H,12H2,1-5H3. The molecule has 1 atom stereocenters. The smallest absolute Gasteiger partial charge is 0.488 e. The van der Waals surface area contributed by atoms with Gasteiger partial charge in [-0.25, -0.2) is 8.91 Å². The molecule has 3 aromatic rings. The van der Waals surface area contributed by atoms with Crippen LogP contribution in [0.1, 0.15) is 40.3 Å². The van der Waals surface area contributed by atoms with Gasteiger partial charge in [-0.2, -0.15) is 5.10 Å². The SMILES string of the molecule is CC(O)(COc1cc(B2OC(C)(C)C(C)(C)O2)cn2ncc(Cl)c12)c1ccc(F)cn1. The highest BCUT2D eigenvalue weighted by Crippen LogP contribution is 2.37. The number of nitrogens with zero attached hydrogens (tertiary/aromatic N) is 3. The lowest BCUT2D eigenvalue weighted by Gasteiger charge is -2.32. The van der Waals surface area contributed by atoms with E-state index in [0.717, 1.165) is 6.20 Å². The van der Waals surface area contributed by atoms with E-state index in [0.29, 0.717) is 21.8 Å². The molecule has 4 rings (SSSR count). The van der Waals surface area contributed by atoms with Crippen molar-refractivity contribution in [1.29, 1.82) is 0 Å². The number of aliphatic hydroxyl groups is 1. The molecule has 4 heterocycles. The highest BCUT2D eigenvalue weighted by molar-refractivity contribution is 6.62. The fraction of sp³-hybridized carbons (Fsp3) is 0.429. The average Bonchev–Trinajstić information content (AvgIpc) is 3.16. The lowest BCUT2D eigenvalue weighted by molar-refractivity contribution is 0.00421. The van der Waals surface area contributed by atoms with Gasteiger partial charge in [-0.3, -0.25) is 4.98 Å². The van der Waals surface area contributed by atoms with Crippen LogP contribution < -0.4 is 10.2 Å². The zero-order chi connectivity index (χ0) is 22.6. The predicted molar refractivity (Wildman–Crippen MR) is 115 cm³/mol. The summed E-state index contributed by atoms with van der Waals surface area (Å²) in [6.07, 6.45) is 4.34. The molecule has 1 saturated heterocycles. The summed E-state index contributed by atoms with van der Waals surface area (Å²) in [5.41, 5.74) is -0.949. The molecule has 1 unspecified atom stereocenters. The van der Waals surface area contributed by atoms with Crippen LogP contribution in [0.3, 0.4) is 0 Å². The summed E-state index contributed by atoms with van der Waals surface area (Å²) >= 11 is 6.32. The van der Waals surface area contributed by atoms with Crippen LogP contribution in [0.2, 0.25) is 5.02 Å². The third-order valence-electron chi connectivity index (χ3n) is 5.87. The normalized spacial score (nSPS) is 19.5. The minimum Gasteiger partial charge on any atom is -0.488 e. The maximum atomic E-state index is 13.2. The lowest BCUT2D eigenvalue weighted by atomic mass is 9.80. The topological polar surface area (TPSA) is 78.1 Å². The summed E-state index contributed by atoms with van der Waals surface area (Å²) in [5.74, 6) is -0.0829. The molecule has 0 amide bonds. The molecule has 1 aliphatic rings. The number of fused-ring (bicyclic) bond motifs is 1. The molecular weight excluding hydrogens is 424 g/mol. The minimum atomic E-state index is -1.46. The van der Waals surface area contributed by atoms with Crippen molar-refractivity contribution in [1.82, 2.24) is 14.6 Å². The van der Waals surface area contributed by atoms with E-state index in [-0.39, 0.29) is 12.3 Å². The molecule has 0 spiro atoms. The van der Waals surface area contributed by atoms with Gasteiger partial charge in [-0.1, -0.05) is 11.6 Å². The molecule has 1 fully saturated rings. The molecule has 10 heteroatoms. The van der Waals surface area contributed by atoms with Crippen molar-refractivity contribution < 1.29 is 23.5 Å². The number of halogens is 2. The first kappa shape index (κ1) is 22.0. The van der Waals surface area contributed by atoms with Crippen LogP contribution >= 0.6 is 11.6 Å². The molecule has 3 aromatic heterocycles. The van der Waals surface area contributed by atoms with Gasteiger partial charge < -0.3 is 19.2 Å². The van der Waals surface area contributed by atoms with Crippen molar-refractivity contribution in [2.75, 3.05) is 6.61 Å². The average molecular weight is 448 g/mol. The second-order valence-corrected chi connectivity index (χ2v) is 9.34. The Morgan fingerprint density at radius 1 is 1.23 bits per heavy atom. The van der Waals surface area contributed by atoms with Crippen molar-refractivity contribution in [3.05, 3.63) is 53.3 Å². The van der Waals surface area contributed by atoms with Crippen molar-refractivity contribution in [2.24, 2.45) is 0 Å². The van der Waals surface area contributed by atoms with Crippen LogP contribution in [0.25, 0.3) is 5.52 Å². The highest BCUT2D eigenvalue weighted by Gasteiger charge is 2.52. The Bertz CT molecular complexity index is 1100. The molecule has 0 saturated carbocycles. The molecule has 0 radical (unpaired) electrons. The Kier molecular flexibility index (Phi) is 5.29. The first-order valence-corrected chi connectivity index (χ1v) is 10.3. The van der Waals surface area contributed by atoms with E-state index < -0.39 is 29.7 Å². The van der Waals surface area contributed by atoms with Gasteiger partial charge in [0.05, 0.1) is 34.3 Å². The molecule has 0 aromatic carbocycles. The van der Waals surface area contributed by atoms with Crippen molar-refractivity contribution in [3.63, 3.8) is 0 Å². The summed E-state index contributed by atoms with van der Waals surface area (Å²) in [6, 6.07) is 4.42. The zero-order valence-corrected chi connectivity index (χ0v) is 18.8. The van der Waals surface area contributed by atoms with E-state index in [1.54, 1.807) is 23.7 Å². The van der Waals surface area contributed by atoms with Crippen LogP contribution in [0.15, 0.2) is 36.8 Å². The van der Waals surface area contributed by atoms with Gasteiger partial charge in [0.25, 0.3) is 0 Å². The summed E-state index contributed by atoms with van der Waals surface area (Å²) < 4.78 is 33.0. The summed E-state index contributed by atoms with van der Waals surface area (Å²) in [4.78, 5) is 3.96. The van der Waals surface area contributed by atoms with Crippen molar-refractivity contribution in [3.8, 4) is 5.75 Å². The van der Waals surface area contributed by atoms with Gasteiger partial charge in [0.2, 0.25) is 0 Å². The molecule has 31 heavy (non-hydrogen) atoms. The number of pyridine rings is 2. The summed E-state index contributed by atoms with van der Waals surface area (Å²) in [7, 11) is -0.626. The number of hydrogen-bond donors (Lipinski definition) is 1. The first-order valence-electron chi connectivity index (χ1n) is 9.89. The van der Waals surface area contributed by atoms with E-state index in [2.05, 4.69) is 10.1 Å². The molecule has 1 N–H and O–H groups in total. The van der Waals surface area contributed by atoms with Crippen molar-refractivity contribution >= 4 is 29.7 Å². The fourth-order valence-corrected chi connectivity index (χ4v) is 3.50. The van der Waals surface area contributed by atoms with E-state index in [1.807, 2.05) is 27.7 Å². The van der Waals surface area contributed by atoms with Gasteiger partial charge in [0.1, 0.15) is 29.3 Å². The van der Waals surface area contributed by atoms with E-state index in [4.69, 9.17) is 25.6 Å². The van der Waals surface area contributed by atoms with Crippen LogP contribution in [0.5, 0.6) is 5.75 Å². The molecule has 164 valence electrons. The highest BCUT2D eigenvalue weighted by atomic mass is 35.5. The van der Waals surface area contributed by atoms with Gasteiger partial charge in [0.15, 0.2) is 0 Å². The maximum absolute atomic E-state index is 13.2. The molecular formula is C21H24BClFN3O4. The van der Waals surface area contributed by atoms with E-state index in [9.17, 15) is 9.50 Å². The third kappa shape index (κ3) is 4.03.